The number of aryl methyl sites for hydroxylation is 1. The second kappa shape index (κ2) is 5.26. The van der Waals surface area contributed by atoms with E-state index in [1.165, 1.54) is 32.2 Å². The molecule has 3 rings (SSSR count). The predicted molar refractivity (Wildman–Crippen MR) is 80.4 cm³/mol. The lowest BCUT2D eigenvalue weighted by molar-refractivity contribution is 0.154. The Labute approximate surface area is 117 Å². The van der Waals surface area contributed by atoms with Crippen LogP contribution in [0, 0.1) is 0 Å². The molecule has 0 saturated carbocycles. The molecule has 1 aromatic rings. The van der Waals surface area contributed by atoms with Crippen LogP contribution in [0.2, 0.25) is 0 Å². The highest BCUT2D eigenvalue weighted by molar-refractivity contribution is 5.32. The molecule has 1 fully saturated rings. The Morgan fingerprint density at radius 2 is 2.05 bits per heavy atom. The van der Waals surface area contributed by atoms with Gasteiger partial charge in [0.25, 0.3) is 0 Å². The summed E-state index contributed by atoms with van der Waals surface area (Å²) in [5.41, 5.74) is 3.41. The van der Waals surface area contributed by atoms with Crippen LogP contribution in [-0.4, -0.2) is 30.1 Å². The lowest BCUT2D eigenvalue weighted by Crippen LogP contribution is -2.47. The van der Waals surface area contributed by atoms with E-state index in [2.05, 4.69) is 48.3 Å². The lowest BCUT2D eigenvalue weighted by Gasteiger charge is -2.38. The first-order valence-corrected chi connectivity index (χ1v) is 7.73. The Morgan fingerprint density at radius 1 is 1.21 bits per heavy atom. The minimum Gasteiger partial charge on any atom is -0.310 e. The normalized spacial score (nSPS) is 27.6. The maximum atomic E-state index is 3.67. The minimum absolute atomic E-state index is 0.239. The van der Waals surface area contributed by atoms with Gasteiger partial charge >= 0.3 is 0 Å². The van der Waals surface area contributed by atoms with Crippen LogP contribution < -0.4 is 5.32 Å². The zero-order valence-corrected chi connectivity index (χ0v) is 12.3. The highest BCUT2D eigenvalue weighted by Gasteiger charge is 2.31. The molecule has 1 aliphatic heterocycles. The van der Waals surface area contributed by atoms with Crippen molar-refractivity contribution in [3.05, 3.63) is 35.4 Å². The molecule has 0 aromatic heterocycles. The number of benzene rings is 1. The van der Waals surface area contributed by atoms with Crippen LogP contribution in [-0.2, 0) is 6.42 Å². The van der Waals surface area contributed by atoms with Crippen molar-refractivity contribution < 1.29 is 0 Å². The fourth-order valence-corrected chi connectivity index (χ4v) is 3.73. The van der Waals surface area contributed by atoms with Crippen molar-refractivity contribution in [2.75, 3.05) is 19.6 Å². The summed E-state index contributed by atoms with van der Waals surface area (Å²) in [6, 6.07) is 9.71. The molecule has 104 valence electrons. The third-order valence-corrected chi connectivity index (χ3v) is 4.60. The van der Waals surface area contributed by atoms with Gasteiger partial charge in [0.15, 0.2) is 0 Å². The fraction of sp³-hybridized carbons (Fsp3) is 0.647. The molecule has 0 radical (unpaired) electrons. The average molecular weight is 258 g/mol. The van der Waals surface area contributed by atoms with E-state index in [1.807, 2.05) is 0 Å². The van der Waals surface area contributed by atoms with Crippen molar-refractivity contribution in [3.63, 3.8) is 0 Å². The van der Waals surface area contributed by atoms with E-state index in [1.54, 1.807) is 11.1 Å². The topological polar surface area (TPSA) is 15.3 Å². The van der Waals surface area contributed by atoms with Gasteiger partial charge in [-0.3, -0.25) is 4.90 Å². The van der Waals surface area contributed by atoms with Crippen LogP contribution >= 0.6 is 0 Å². The first-order chi connectivity index (χ1) is 9.16. The Bertz CT molecular complexity index is 439. The summed E-state index contributed by atoms with van der Waals surface area (Å²) in [6.07, 6.45) is 5.20. The molecule has 1 atom stereocenters. The molecule has 19 heavy (non-hydrogen) atoms. The molecule has 0 amide bonds. The maximum absolute atomic E-state index is 3.67. The summed E-state index contributed by atoms with van der Waals surface area (Å²) in [7, 11) is 0. The molecule has 1 aromatic carbocycles. The molecule has 0 spiro atoms. The SMILES string of the molecule is CC1(C)CN(C2CCCc3ccccc32)CCCN1. The molecule has 0 bridgehead atoms. The molecule has 1 unspecified atom stereocenters. The van der Waals surface area contributed by atoms with Gasteiger partial charge in [0.05, 0.1) is 0 Å². The summed E-state index contributed by atoms with van der Waals surface area (Å²) < 4.78 is 0. The first-order valence-electron chi connectivity index (χ1n) is 7.73. The van der Waals surface area contributed by atoms with Crippen molar-refractivity contribution >= 4 is 0 Å². The van der Waals surface area contributed by atoms with Gasteiger partial charge in [-0.25, -0.2) is 0 Å². The number of hydrogen-bond donors (Lipinski definition) is 1. The van der Waals surface area contributed by atoms with Gasteiger partial charge in [-0.1, -0.05) is 24.3 Å². The van der Waals surface area contributed by atoms with Crippen molar-refractivity contribution in [2.45, 2.75) is 51.1 Å². The first kappa shape index (κ1) is 13.1. The average Bonchev–Trinajstić information content (AvgIpc) is 2.59. The number of hydrogen-bond acceptors (Lipinski definition) is 2. The van der Waals surface area contributed by atoms with Crippen molar-refractivity contribution in [3.8, 4) is 0 Å². The highest BCUT2D eigenvalue weighted by atomic mass is 15.2. The second-order valence-corrected chi connectivity index (χ2v) is 6.74. The molecule has 1 aliphatic carbocycles. The molecule has 2 nitrogen and oxygen atoms in total. The largest absolute Gasteiger partial charge is 0.310 e. The van der Waals surface area contributed by atoms with E-state index in [0.717, 1.165) is 13.1 Å². The third kappa shape index (κ3) is 2.85. The molecule has 1 heterocycles. The predicted octanol–water partition coefficient (Wildman–Crippen LogP) is 3.14. The summed E-state index contributed by atoms with van der Waals surface area (Å²) in [5.74, 6) is 0. The van der Waals surface area contributed by atoms with Crippen molar-refractivity contribution in [1.82, 2.24) is 10.2 Å². The monoisotopic (exact) mass is 258 g/mol. The fourth-order valence-electron chi connectivity index (χ4n) is 3.73. The smallest absolute Gasteiger partial charge is 0.0351 e. The van der Waals surface area contributed by atoms with Crippen LogP contribution in [0.25, 0.3) is 0 Å². The van der Waals surface area contributed by atoms with E-state index >= 15 is 0 Å². The van der Waals surface area contributed by atoms with Gasteiger partial charge < -0.3 is 5.32 Å². The number of nitrogens with zero attached hydrogens (tertiary/aromatic N) is 1. The molecule has 1 saturated heterocycles. The van der Waals surface area contributed by atoms with Gasteiger partial charge in [0.2, 0.25) is 0 Å². The highest BCUT2D eigenvalue weighted by Crippen LogP contribution is 2.35. The Hall–Kier alpha value is -0.860. The van der Waals surface area contributed by atoms with Gasteiger partial charge in [-0.05, 0) is 57.2 Å². The zero-order valence-electron chi connectivity index (χ0n) is 12.3. The van der Waals surface area contributed by atoms with Gasteiger partial charge in [0, 0.05) is 24.7 Å². The molecular weight excluding hydrogens is 232 g/mol. The van der Waals surface area contributed by atoms with E-state index in [0.29, 0.717) is 6.04 Å². The zero-order chi connectivity index (χ0) is 13.3. The summed E-state index contributed by atoms with van der Waals surface area (Å²) in [4.78, 5) is 2.72. The van der Waals surface area contributed by atoms with E-state index in [4.69, 9.17) is 0 Å². The van der Waals surface area contributed by atoms with E-state index in [-0.39, 0.29) is 5.54 Å². The Kier molecular flexibility index (Phi) is 3.64. The summed E-state index contributed by atoms with van der Waals surface area (Å²) in [6.45, 7) is 8.21. The summed E-state index contributed by atoms with van der Waals surface area (Å²) in [5, 5.41) is 3.67. The molecule has 1 N–H and O–H groups in total. The van der Waals surface area contributed by atoms with E-state index < -0.39 is 0 Å². The minimum atomic E-state index is 0.239. The van der Waals surface area contributed by atoms with Crippen molar-refractivity contribution in [2.24, 2.45) is 0 Å². The third-order valence-electron chi connectivity index (χ3n) is 4.60. The van der Waals surface area contributed by atoms with E-state index in [9.17, 15) is 0 Å². The second-order valence-electron chi connectivity index (χ2n) is 6.74. The van der Waals surface area contributed by atoms with Crippen LogP contribution in [0.5, 0.6) is 0 Å². The van der Waals surface area contributed by atoms with Gasteiger partial charge in [-0.2, -0.15) is 0 Å². The standard InChI is InChI=1S/C17H26N2/c1-17(2)13-19(12-6-11-18-17)16-10-5-8-14-7-3-4-9-15(14)16/h3-4,7,9,16,18H,5-6,8,10-13H2,1-2H3. The number of nitrogens with one attached hydrogen (secondary N) is 1. The van der Waals surface area contributed by atoms with Crippen LogP contribution in [0.1, 0.15) is 50.3 Å². The summed E-state index contributed by atoms with van der Waals surface area (Å²) >= 11 is 0. The number of fused-ring (bicyclic) bond motifs is 1. The van der Waals surface area contributed by atoms with Gasteiger partial charge in [-0.15, -0.1) is 0 Å². The molecule has 2 heteroatoms. The van der Waals surface area contributed by atoms with Crippen LogP contribution in [0.4, 0.5) is 0 Å². The molecular formula is C17H26N2. The van der Waals surface area contributed by atoms with Gasteiger partial charge in [0.1, 0.15) is 0 Å². The maximum Gasteiger partial charge on any atom is 0.0351 e. The Balaban J connectivity index is 1.86. The quantitative estimate of drug-likeness (QED) is 0.832. The van der Waals surface area contributed by atoms with Crippen molar-refractivity contribution in [1.29, 1.82) is 0 Å². The van der Waals surface area contributed by atoms with Crippen LogP contribution in [0.3, 0.4) is 0 Å². The van der Waals surface area contributed by atoms with Crippen LogP contribution in [0.15, 0.2) is 24.3 Å². The number of rotatable bonds is 1. The Morgan fingerprint density at radius 3 is 2.95 bits per heavy atom. The molecule has 2 aliphatic rings. The lowest BCUT2D eigenvalue weighted by atomic mass is 9.86.